The van der Waals surface area contributed by atoms with Gasteiger partial charge in [-0.15, -0.1) is 0 Å². The maximum absolute atomic E-state index is 12.1. The predicted molar refractivity (Wildman–Crippen MR) is 79.7 cm³/mol. The molecule has 2 aromatic rings. The van der Waals surface area contributed by atoms with Gasteiger partial charge in [-0.2, -0.15) is 0 Å². The highest BCUT2D eigenvalue weighted by atomic mass is 79.9. The third-order valence-electron chi connectivity index (χ3n) is 2.54. The topological polar surface area (TPSA) is 110 Å². The van der Waals surface area contributed by atoms with Gasteiger partial charge in [0.25, 0.3) is 15.7 Å². The predicted octanol–water partition coefficient (Wildman–Crippen LogP) is 2.86. The lowest BCUT2D eigenvalue weighted by atomic mass is 10.3. The molecule has 0 aromatic heterocycles. The molecule has 0 aliphatic carbocycles. The summed E-state index contributed by atoms with van der Waals surface area (Å²) in [7, 11) is -3.88. The van der Waals surface area contributed by atoms with Crippen molar-refractivity contribution in [1.82, 2.24) is 0 Å². The Morgan fingerprint density at radius 1 is 1.14 bits per heavy atom. The molecular formula is C12H9BrN2O5S. The number of phenolic OH excluding ortho intramolecular Hbond substituents is 1. The fraction of sp³-hybridized carbons (Fsp3) is 0. The van der Waals surface area contributed by atoms with Gasteiger partial charge in [0.1, 0.15) is 5.75 Å². The van der Waals surface area contributed by atoms with Gasteiger partial charge < -0.3 is 5.11 Å². The zero-order chi connectivity index (χ0) is 15.6. The van der Waals surface area contributed by atoms with Crippen molar-refractivity contribution in [2.75, 3.05) is 4.72 Å². The number of phenols is 1. The van der Waals surface area contributed by atoms with Crippen LogP contribution in [0.25, 0.3) is 0 Å². The molecule has 0 heterocycles. The minimum absolute atomic E-state index is 0.0618. The Balaban J connectivity index is 2.35. The Morgan fingerprint density at radius 2 is 1.76 bits per heavy atom. The molecule has 9 heteroatoms. The Morgan fingerprint density at radius 3 is 2.33 bits per heavy atom. The van der Waals surface area contributed by atoms with Crippen LogP contribution in [-0.2, 0) is 10.0 Å². The average molecular weight is 373 g/mol. The van der Waals surface area contributed by atoms with Crippen LogP contribution in [0.3, 0.4) is 0 Å². The lowest BCUT2D eigenvalue weighted by Gasteiger charge is -2.08. The van der Waals surface area contributed by atoms with Crippen LogP contribution < -0.4 is 4.72 Å². The van der Waals surface area contributed by atoms with Crippen LogP contribution in [0, 0.1) is 10.1 Å². The summed E-state index contributed by atoms with van der Waals surface area (Å²) in [6, 6.07) is 8.82. The van der Waals surface area contributed by atoms with Crippen molar-refractivity contribution < 1.29 is 18.4 Å². The summed E-state index contributed by atoms with van der Waals surface area (Å²) in [5, 5.41) is 20.0. The van der Waals surface area contributed by atoms with Crippen molar-refractivity contribution in [3.63, 3.8) is 0 Å². The van der Waals surface area contributed by atoms with E-state index in [1.54, 1.807) is 0 Å². The van der Waals surface area contributed by atoms with Gasteiger partial charge >= 0.3 is 0 Å². The second-order valence-electron chi connectivity index (χ2n) is 4.02. The minimum atomic E-state index is -3.88. The number of nitrogens with one attached hydrogen (secondary N) is 1. The van der Waals surface area contributed by atoms with E-state index in [9.17, 15) is 18.5 Å². The summed E-state index contributed by atoms with van der Waals surface area (Å²) in [5.74, 6) is -0.0618. The van der Waals surface area contributed by atoms with E-state index in [-0.39, 0.29) is 26.5 Å². The second-order valence-corrected chi connectivity index (χ2v) is 6.56. The minimum Gasteiger partial charge on any atom is -0.508 e. The Hall–Kier alpha value is -2.13. The van der Waals surface area contributed by atoms with E-state index < -0.39 is 14.9 Å². The molecule has 0 aliphatic rings. The number of nitro groups is 1. The molecule has 2 rings (SSSR count). The number of aromatic hydroxyl groups is 1. The van der Waals surface area contributed by atoms with Gasteiger partial charge in [0.2, 0.25) is 0 Å². The second kappa shape index (κ2) is 5.70. The number of benzene rings is 2. The molecule has 0 unspecified atom stereocenters. The van der Waals surface area contributed by atoms with Crippen molar-refractivity contribution in [1.29, 1.82) is 0 Å². The van der Waals surface area contributed by atoms with Crippen LogP contribution in [0.15, 0.2) is 51.8 Å². The standard InChI is InChI=1S/C12H9BrN2O5S/c13-11-6-1-8(7-12(11)15(17)18)14-21(19,20)10-4-2-9(16)3-5-10/h1-7,14,16H. The zero-order valence-corrected chi connectivity index (χ0v) is 12.8. The summed E-state index contributed by atoms with van der Waals surface area (Å²) in [6.45, 7) is 0. The Bertz CT molecular complexity index is 790. The first kappa shape index (κ1) is 15.3. The summed E-state index contributed by atoms with van der Waals surface area (Å²) >= 11 is 3.02. The highest BCUT2D eigenvalue weighted by molar-refractivity contribution is 9.10. The molecule has 0 saturated heterocycles. The number of nitro benzene ring substituents is 1. The molecule has 0 bridgehead atoms. The average Bonchev–Trinajstić information content (AvgIpc) is 2.41. The van der Waals surface area contributed by atoms with Crippen molar-refractivity contribution in [2.45, 2.75) is 4.90 Å². The summed E-state index contributed by atoms with van der Waals surface area (Å²) in [6.07, 6.45) is 0. The molecule has 21 heavy (non-hydrogen) atoms. The van der Waals surface area contributed by atoms with Crippen molar-refractivity contribution >= 4 is 37.3 Å². The highest BCUT2D eigenvalue weighted by Gasteiger charge is 2.17. The lowest BCUT2D eigenvalue weighted by molar-refractivity contribution is -0.385. The number of rotatable bonds is 4. The normalized spacial score (nSPS) is 11.1. The van der Waals surface area contributed by atoms with Crippen molar-refractivity contribution in [2.24, 2.45) is 0 Å². The molecule has 0 aliphatic heterocycles. The quantitative estimate of drug-likeness (QED) is 0.633. The smallest absolute Gasteiger partial charge is 0.285 e. The van der Waals surface area contributed by atoms with Crippen molar-refractivity contribution in [3.8, 4) is 5.75 Å². The number of anilines is 1. The third-order valence-corrected chi connectivity index (χ3v) is 4.61. The van der Waals surface area contributed by atoms with Gasteiger partial charge in [-0.3, -0.25) is 14.8 Å². The Kier molecular flexibility index (Phi) is 4.14. The number of hydrogen-bond donors (Lipinski definition) is 2. The fourth-order valence-corrected chi connectivity index (χ4v) is 3.00. The third kappa shape index (κ3) is 3.50. The van der Waals surface area contributed by atoms with Gasteiger partial charge in [-0.1, -0.05) is 0 Å². The van der Waals surface area contributed by atoms with Crippen LogP contribution in [0.4, 0.5) is 11.4 Å². The summed E-state index contributed by atoms with van der Waals surface area (Å²) in [5.41, 5.74) is -0.182. The van der Waals surface area contributed by atoms with Gasteiger partial charge in [-0.05, 0) is 52.3 Å². The Labute approximate surface area is 128 Å². The molecule has 0 fully saturated rings. The highest BCUT2D eigenvalue weighted by Crippen LogP contribution is 2.29. The largest absolute Gasteiger partial charge is 0.508 e. The van der Waals surface area contributed by atoms with Crippen LogP contribution >= 0.6 is 15.9 Å². The molecule has 7 nitrogen and oxygen atoms in total. The first-order chi connectivity index (χ1) is 9.79. The molecular weight excluding hydrogens is 364 g/mol. The number of nitrogens with zero attached hydrogens (tertiary/aromatic N) is 1. The molecule has 0 amide bonds. The molecule has 110 valence electrons. The number of hydrogen-bond acceptors (Lipinski definition) is 5. The first-order valence-corrected chi connectivity index (χ1v) is 7.83. The van der Waals surface area contributed by atoms with E-state index in [2.05, 4.69) is 20.7 Å². The number of sulfonamides is 1. The van der Waals surface area contributed by atoms with E-state index in [0.717, 1.165) is 6.07 Å². The maximum atomic E-state index is 12.1. The van der Waals surface area contributed by atoms with E-state index >= 15 is 0 Å². The molecule has 0 spiro atoms. The van der Waals surface area contributed by atoms with E-state index in [1.165, 1.54) is 36.4 Å². The molecule has 2 aromatic carbocycles. The van der Waals surface area contributed by atoms with Crippen LogP contribution in [0.2, 0.25) is 0 Å². The lowest BCUT2D eigenvalue weighted by Crippen LogP contribution is -2.12. The van der Waals surface area contributed by atoms with E-state index in [1.807, 2.05) is 0 Å². The first-order valence-electron chi connectivity index (χ1n) is 5.55. The summed E-state index contributed by atoms with van der Waals surface area (Å²) in [4.78, 5) is 10.1. The zero-order valence-electron chi connectivity index (χ0n) is 10.4. The van der Waals surface area contributed by atoms with Gasteiger partial charge in [0, 0.05) is 6.07 Å². The van der Waals surface area contributed by atoms with Crippen molar-refractivity contribution in [3.05, 3.63) is 57.1 Å². The van der Waals surface area contributed by atoms with Crippen LogP contribution in [-0.4, -0.2) is 18.4 Å². The van der Waals surface area contributed by atoms with E-state index in [0.29, 0.717) is 0 Å². The van der Waals surface area contributed by atoms with Gasteiger partial charge in [-0.25, -0.2) is 8.42 Å². The van der Waals surface area contributed by atoms with E-state index in [4.69, 9.17) is 5.11 Å². The maximum Gasteiger partial charge on any atom is 0.285 e. The van der Waals surface area contributed by atoms with Gasteiger partial charge in [0.15, 0.2) is 0 Å². The number of halogens is 1. The monoisotopic (exact) mass is 372 g/mol. The fourth-order valence-electron chi connectivity index (χ4n) is 1.56. The summed E-state index contributed by atoms with van der Waals surface area (Å²) < 4.78 is 26.7. The van der Waals surface area contributed by atoms with Crippen LogP contribution in [0.5, 0.6) is 5.75 Å². The molecule has 0 atom stereocenters. The molecule has 0 radical (unpaired) electrons. The van der Waals surface area contributed by atoms with Crippen LogP contribution in [0.1, 0.15) is 0 Å². The van der Waals surface area contributed by atoms with Gasteiger partial charge in [0.05, 0.1) is 20.0 Å². The molecule has 2 N–H and O–H groups in total. The SMILES string of the molecule is O=[N+]([O-])c1cc(NS(=O)(=O)c2ccc(O)cc2)ccc1Br. The molecule has 0 saturated carbocycles.